The van der Waals surface area contributed by atoms with Crippen LogP contribution in [-0.4, -0.2) is 41.9 Å². The Morgan fingerprint density at radius 3 is 2.44 bits per heavy atom. The molecule has 1 aliphatic carbocycles. The Hall–Kier alpha value is -0.800. The number of guanidine groups is 1. The molecule has 7 heteroatoms. The lowest BCUT2D eigenvalue weighted by molar-refractivity contribution is 0.00845. The van der Waals surface area contributed by atoms with Crippen molar-refractivity contribution in [2.45, 2.75) is 64.1 Å². The number of aryl methyl sites for hydroxylation is 2. The lowest BCUT2D eigenvalue weighted by Crippen LogP contribution is -2.50. The fourth-order valence-electron chi connectivity index (χ4n) is 3.37. The van der Waals surface area contributed by atoms with E-state index in [1.807, 2.05) is 19.9 Å². The maximum atomic E-state index is 10.7. The van der Waals surface area contributed by atoms with E-state index < -0.39 is 11.2 Å². The third-order valence-corrected chi connectivity index (χ3v) is 4.81. The van der Waals surface area contributed by atoms with Crippen molar-refractivity contribution in [3.8, 4) is 0 Å². The zero-order valence-electron chi connectivity index (χ0n) is 15.7. The van der Waals surface area contributed by atoms with Gasteiger partial charge in [0.2, 0.25) is 0 Å². The highest BCUT2D eigenvalue weighted by Crippen LogP contribution is 2.28. The van der Waals surface area contributed by atoms with Crippen LogP contribution in [0.2, 0.25) is 0 Å². The van der Waals surface area contributed by atoms with Crippen molar-refractivity contribution in [1.29, 1.82) is 0 Å². The van der Waals surface area contributed by atoms with Gasteiger partial charge in [-0.2, -0.15) is 0 Å². The number of nitrogens with zero attached hydrogens (tertiary/aromatic N) is 1. The van der Waals surface area contributed by atoms with Crippen molar-refractivity contribution in [3.05, 3.63) is 23.2 Å². The number of aliphatic imine (C=N–C) groups is 1. The summed E-state index contributed by atoms with van der Waals surface area (Å²) in [5, 5.41) is 27.6. The number of hydrogen-bond acceptors (Lipinski definition) is 4. The van der Waals surface area contributed by atoms with E-state index in [1.54, 1.807) is 14.0 Å². The molecule has 1 heterocycles. The zero-order chi connectivity index (χ0) is 17.8. The van der Waals surface area contributed by atoms with Gasteiger partial charge in [-0.3, -0.25) is 4.99 Å². The number of furan rings is 1. The van der Waals surface area contributed by atoms with Crippen molar-refractivity contribution in [3.63, 3.8) is 0 Å². The van der Waals surface area contributed by atoms with Crippen LogP contribution in [-0.2, 0) is 5.60 Å². The van der Waals surface area contributed by atoms with Crippen LogP contribution in [0.1, 0.15) is 56.1 Å². The lowest BCUT2D eigenvalue weighted by atomic mass is 9.85. The smallest absolute Gasteiger partial charge is 0.191 e. The van der Waals surface area contributed by atoms with Crippen LogP contribution in [0.4, 0.5) is 0 Å². The Morgan fingerprint density at radius 1 is 1.28 bits per heavy atom. The first-order valence-electron chi connectivity index (χ1n) is 8.72. The summed E-state index contributed by atoms with van der Waals surface area (Å²) in [6, 6.07) is 1.86. The fourth-order valence-corrected chi connectivity index (χ4v) is 3.37. The Morgan fingerprint density at radius 2 is 1.92 bits per heavy atom. The largest absolute Gasteiger partial charge is 0.466 e. The molecule has 0 radical (unpaired) electrons. The molecule has 1 saturated carbocycles. The molecule has 144 valence electrons. The van der Waals surface area contributed by atoms with Gasteiger partial charge in [0.25, 0.3) is 0 Å². The molecular weight excluding hydrogens is 433 g/mol. The van der Waals surface area contributed by atoms with E-state index in [0.717, 1.165) is 42.8 Å². The number of nitrogens with one attached hydrogen (secondary N) is 2. The van der Waals surface area contributed by atoms with E-state index in [2.05, 4.69) is 15.6 Å². The lowest BCUT2D eigenvalue weighted by Gasteiger charge is -2.33. The molecule has 1 aliphatic rings. The molecular formula is C18H32IN3O3. The van der Waals surface area contributed by atoms with Gasteiger partial charge in [0, 0.05) is 19.2 Å². The predicted octanol–water partition coefficient (Wildman–Crippen LogP) is 2.58. The zero-order valence-corrected chi connectivity index (χ0v) is 18.0. The molecule has 6 nitrogen and oxygen atoms in total. The topological polar surface area (TPSA) is 90.0 Å². The Labute approximate surface area is 167 Å². The molecule has 0 aromatic carbocycles. The first-order valence-corrected chi connectivity index (χ1v) is 8.72. The number of rotatable bonds is 5. The standard InChI is InChI=1S/C18H31N3O3.HI/c1-13-10-15(14(2)24-13)17(3,22)11-20-16(19-4)21-12-18(23)8-6-5-7-9-18;/h10,22-23H,5-9,11-12H2,1-4H3,(H2,19,20,21);1H. The second kappa shape index (κ2) is 9.23. The van der Waals surface area contributed by atoms with E-state index >= 15 is 0 Å². The summed E-state index contributed by atoms with van der Waals surface area (Å²) in [6.07, 6.45) is 4.97. The van der Waals surface area contributed by atoms with Crippen LogP contribution < -0.4 is 10.6 Å². The third kappa shape index (κ3) is 6.14. The molecule has 2 rings (SSSR count). The van der Waals surface area contributed by atoms with Crippen LogP contribution in [0.5, 0.6) is 0 Å². The second-order valence-corrected chi connectivity index (χ2v) is 7.17. The van der Waals surface area contributed by atoms with E-state index in [1.165, 1.54) is 6.42 Å². The van der Waals surface area contributed by atoms with Gasteiger partial charge in [0.1, 0.15) is 17.1 Å². The first kappa shape index (κ1) is 22.2. The first-order chi connectivity index (χ1) is 11.3. The summed E-state index contributed by atoms with van der Waals surface area (Å²) in [5.41, 5.74) is -0.952. The highest BCUT2D eigenvalue weighted by Gasteiger charge is 2.30. The van der Waals surface area contributed by atoms with Gasteiger partial charge in [-0.25, -0.2) is 0 Å². The Balaban J connectivity index is 0.00000312. The quantitative estimate of drug-likeness (QED) is 0.305. The van der Waals surface area contributed by atoms with Crippen molar-refractivity contribution < 1.29 is 14.6 Å². The van der Waals surface area contributed by atoms with Gasteiger partial charge >= 0.3 is 0 Å². The summed E-state index contributed by atoms with van der Waals surface area (Å²) < 4.78 is 5.51. The van der Waals surface area contributed by atoms with Crippen LogP contribution in [0, 0.1) is 13.8 Å². The van der Waals surface area contributed by atoms with E-state index in [9.17, 15) is 10.2 Å². The molecule has 1 fully saturated rings. The number of halogens is 1. The molecule has 1 aromatic rings. The van der Waals surface area contributed by atoms with Crippen LogP contribution in [0.15, 0.2) is 15.5 Å². The minimum absolute atomic E-state index is 0. The maximum Gasteiger partial charge on any atom is 0.191 e. The molecule has 25 heavy (non-hydrogen) atoms. The Kier molecular flexibility index (Phi) is 8.21. The number of aliphatic hydroxyl groups is 2. The van der Waals surface area contributed by atoms with Gasteiger partial charge in [0.05, 0.1) is 12.1 Å². The average Bonchev–Trinajstić information content (AvgIpc) is 2.87. The minimum Gasteiger partial charge on any atom is -0.466 e. The summed E-state index contributed by atoms with van der Waals surface area (Å²) in [5.74, 6) is 2.08. The van der Waals surface area contributed by atoms with E-state index in [-0.39, 0.29) is 24.0 Å². The molecule has 1 unspecified atom stereocenters. The second-order valence-electron chi connectivity index (χ2n) is 7.17. The van der Waals surface area contributed by atoms with Gasteiger partial charge in [-0.1, -0.05) is 19.3 Å². The molecule has 0 amide bonds. The monoisotopic (exact) mass is 465 g/mol. The van der Waals surface area contributed by atoms with Gasteiger partial charge in [-0.05, 0) is 39.7 Å². The molecule has 1 aromatic heterocycles. The normalized spacial score (nSPS) is 19.7. The van der Waals surface area contributed by atoms with Crippen molar-refractivity contribution in [2.24, 2.45) is 4.99 Å². The summed E-state index contributed by atoms with van der Waals surface area (Å²) >= 11 is 0. The van der Waals surface area contributed by atoms with Crippen LogP contribution in [0.25, 0.3) is 0 Å². The number of hydrogen-bond donors (Lipinski definition) is 4. The SMILES string of the molecule is CN=C(NCC1(O)CCCCC1)NCC(C)(O)c1cc(C)oc1C.I. The molecule has 4 N–H and O–H groups in total. The summed E-state index contributed by atoms with van der Waals surface area (Å²) in [4.78, 5) is 4.18. The van der Waals surface area contributed by atoms with Gasteiger partial charge in [-0.15, -0.1) is 24.0 Å². The summed E-state index contributed by atoms with van der Waals surface area (Å²) in [6.45, 7) is 6.23. The van der Waals surface area contributed by atoms with Crippen molar-refractivity contribution >= 4 is 29.9 Å². The van der Waals surface area contributed by atoms with Crippen molar-refractivity contribution in [2.75, 3.05) is 20.1 Å². The molecule has 0 spiro atoms. The fraction of sp³-hybridized carbons (Fsp3) is 0.722. The van der Waals surface area contributed by atoms with Crippen LogP contribution >= 0.6 is 24.0 Å². The maximum absolute atomic E-state index is 10.7. The highest BCUT2D eigenvalue weighted by atomic mass is 127. The minimum atomic E-state index is -1.07. The molecule has 1 atom stereocenters. The summed E-state index contributed by atoms with van der Waals surface area (Å²) in [7, 11) is 1.68. The average molecular weight is 465 g/mol. The van der Waals surface area contributed by atoms with Gasteiger partial charge in [0.15, 0.2) is 5.96 Å². The molecule has 0 aliphatic heterocycles. The Bertz CT molecular complexity index is 578. The van der Waals surface area contributed by atoms with Crippen LogP contribution in [0.3, 0.4) is 0 Å². The highest BCUT2D eigenvalue weighted by molar-refractivity contribution is 14.0. The van der Waals surface area contributed by atoms with E-state index in [0.29, 0.717) is 19.0 Å². The van der Waals surface area contributed by atoms with E-state index in [4.69, 9.17) is 4.42 Å². The predicted molar refractivity (Wildman–Crippen MR) is 111 cm³/mol. The molecule has 0 bridgehead atoms. The molecule has 0 saturated heterocycles. The van der Waals surface area contributed by atoms with Gasteiger partial charge < -0.3 is 25.3 Å². The third-order valence-electron chi connectivity index (χ3n) is 4.81. The van der Waals surface area contributed by atoms with Crippen molar-refractivity contribution in [1.82, 2.24) is 10.6 Å².